The SMILES string of the molecule is COc1cc(C(C)=O)cc(OC)c1OC(=O)c1ccccc1. The van der Waals surface area contributed by atoms with Gasteiger partial charge in [-0.2, -0.15) is 0 Å². The highest BCUT2D eigenvalue weighted by molar-refractivity contribution is 5.96. The van der Waals surface area contributed by atoms with Gasteiger partial charge < -0.3 is 14.2 Å². The molecular weight excluding hydrogens is 284 g/mol. The van der Waals surface area contributed by atoms with Crippen molar-refractivity contribution in [2.75, 3.05) is 14.2 Å². The minimum atomic E-state index is -0.534. The van der Waals surface area contributed by atoms with E-state index < -0.39 is 5.97 Å². The summed E-state index contributed by atoms with van der Waals surface area (Å²) in [6.45, 7) is 1.43. The third-order valence-electron chi connectivity index (χ3n) is 3.07. The first-order chi connectivity index (χ1) is 10.6. The van der Waals surface area contributed by atoms with Gasteiger partial charge in [-0.3, -0.25) is 4.79 Å². The average molecular weight is 300 g/mol. The molecule has 0 spiro atoms. The smallest absolute Gasteiger partial charge is 0.343 e. The van der Waals surface area contributed by atoms with Crippen molar-refractivity contribution in [3.05, 3.63) is 53.6 Å². The van der Waals surface area contributed by atoms with Crippen molar-refractivity contribution in [1.29, 1.82) is 0 Å². The third kappa shape index (κ3) is 3.25. The van der Waals surface area contributed by atoms with E-state index in [0.717, 1.165) is 0 Å². The van der Waals surface area contributed by atoms with Gasteiger partial charge in [0.05, 0.1) is 19.8 Å². The van der Waals surface area contributed by atoms with Crippen molar-refractivity contribution in [1.82, 2.24) is 0 Å². The number of hydrogen-bond acceptors (Lipinski definition) is 5. The molecule has 0 radical (unpaired) electrons. The Morgan fingerprint density at radius 1 is 0.864 bits per heavy atom. The molecule has 2 aromatic rings. The number of ketones is 1. The maximum absolute atomic E-state index is 12.2. The summed E-state index contributed by atoms with van der Waals surface area (Å²) in [4.78, 5) is 23.7. The number of hydrogen-bond donors (Lipinski definition) is 0. The fraction of sp³-hybridized carbons (Fsp3) is 0.176. The van der Waals surface area contributed by atoms with Crippen LogP contribution in [0, 0.1) is 0 Å². The zero-order valence-corrected chi connectivity index (χ0v) is 12.6. The number of esters is 1. The van der Waals surface area contributed by atoms with E-state index in [0.29, 0.717) is 11.1 Å². The summed E-state index contributed by atoms with van der Waals surface area (Å²) >= 11 is 0. The third-order valence-corrected chi connectivity index (χ3v) is 3.07. The van der Waals surface area contributed by atoms with Gasteiger partial charge in [0, 0.05) is 5.56 Å². The van der Waals surface area contributed by atoms with Crippen LogP contribution in [0.25, 0.3) is 0 Å². The molecular formula is C17H16O5. The van der Waals surface area contributed by atoms with Crippen LogP contribution >= 0.6 is 0 Å². The predicted molar refractivity (Wildman–Crippen MR) is 81.0 cm³/mol. The molecule has 0 aliphatic rings. The molecule has 2 rings (SSSR count). The van der Waals surface area contributed by atoms with Gasteiger partial charge in [0.2, 0.25) is 5.75 Å². The van der Waals surface area contributed by atoms with Crippen LogP contribution in [0.1, 0.15) is 27.6 Å². The number of ether oxygens (including phenoxy) is 3. The zero-order valence-electron chi connectivity index (χ0n) is 12.6. The highest BCUT2D eigenvalue weighted by atomic mass is 16.6. The van der Waals surface area contributed by atoms with Gasteiger partial charge >= 0.3 is 5.97 Å². The minimum absolute atomic E-state index is 0.141. The molecule has 0 aliphatic carbocycles. The summed E-state index contributed by atoms with van der Waals surface area (Å²) in [5.74, 6) is -0.0168. The van der Waals surface area contributed by atoms with Gasteiger partial charge in [-0.25, -0.2) is 4.79 Å². The fourth-order valence-electron chi connectivity index (χ4n) is 1.91. The van der Waals surface area contributed by atoms with Crippen molar-refractivity contribution in [2.45, 2.75) is 6.92 Å². The van der Waals surface area contributed by atoms with Crippen LogP contribution < -0.4 is 14.2 Å². The monoisotopic (exact) mass is 300 g/mol. The Bertz CT molecular complexity index is 666. The first kappa shape index (κ1) is 15.6. The Kier molecular flexibility index (Phi) is 4.78. The van der Waals surface area contributed by atoms with E-state index in [-0.39, 0.29) is 23.0 Å². The van der Waals surface area contributed by atoms with E-state index in [9.17, 15) is 9.59 Å². The van der Waals surface area contributed by atoms with Gasteiger partial charge in [0.15, 0.2) is 17.3 Å². The number of carbonyl (C=O) groups excluding carboxylic acids is 2. The molecule has 22 heavy (non-hydrogen) atoms. The van der Waals surface area contributed by atoms with Gasteiger partial charge in [-0.1, -0.05) is 18.2 Å². The van der Waals surface area contributed by atoms with Gasteiger partial charge in [-0.15, -0.1) is 0 Å². The van der Waals surface area contributed by atoms with Crippen LogP contribution in [0.2, 0.25) is 0 Å². The summed E-state index contributed by atoms with van der Waals surface area (Å²) in [5.41, 5.74) is 0.815. The number of Topliss-reactive ketones (excluding diaryl/α,β-unsaturated/α-hetero) is 1. The normalized spacial score (nSPS) is 9.95. The number of carbonyl (C=O) groups is 2. The highest BCUT2D eigenvalue weighted by Gasteiger charge is 2.19. The zero-order chi connectivity index (χ0) is 16.1. The number of benzene rings is 2. The topological polar surface area (TPSA) is 61.8 Å². The lowest BCUT2D eigenvalue weighted by Gasteiger charge is -2.14. The second kappa shape index (κ2) is 6.76. The van der Waals surface area contributed by atoms with Gasteiger partial charge in [0.1, 0.15) is 0 Å². The van der Waals surface area contributed by atoms with E-state index in [2.05, 4.69) is 0 Å². The van der Waals surface area contributed by atoms with Crippen LogP contribution in [0.3, 0.4) is 0 Å². The molecule has 0 atom stereocenters. The molecule has 0 aromatic heterocycles. The summed E-state index contributed by atoms with van der Waals surface area (Å²) in [5, 5.41) is 0. The number of methoxy groups -OCH3 is 2. The molecule has 2 aromatic carbocycles. The van der Waals surface area contributed by atoms with Crippen LogP contribution in [-0.2, 0) is 0 Å². The van der Waals surface area contributed by atoms with E-state index >= 15 is 0 Å². The second-order valence-electron chi connectivity index (χ2n) is 4.52. The summed E-state index contributed by atoms with van der Waals surface area (Å²) in [6.07, 6.45) is 0. The largest absolute Gasteiger partial charge is 0.493 e. The summed E-state index contributed by atoms with van der Waals surface area (Å²) in [7, 11) is 2.86. The van der Waals surface area contributed by atoms with Crippen LogP contribution in [-0.4, -0.2) is 26.0 Å². The Morgan fingerprint density at radius 2 is 1.41 bits per heavy atom. The second-order valence-corrected chi connectivity index (χ2v) is 4.52. The molecule has 5 nitrogen and oxygen atoms in total. The molecule has 0 bridgehead atoms. The maximum atomic E-state index is 12.2. The van der Waals surface area contributed by atoms with Crippen LogP contribution in [0.4, 0.5) is 0 Å². The Morgan fingerprint density at radius 3 is 1.86 bits per heavy atom. The lowest BCUT2D eigenvalue weighted by molar-refractivity contribution is 0.0724. The van der Waals surface area contributed by atoms with Crippen molar-refractivity contribution in [2.24, 2.45) is 0 Å². The molecule has 114 valence electrons. The molecule has 0 aliphatic heterocycles. The minimum Gasteiger partial charge on any atom is -0.493 e. The highest BCUT2D eigenvalue weighted by Crippen LogP contribution is 2.39. The molecule has 0 heterocycles. The fourth-order valence-corrected chi connectivity index (χ4v) is 1.91. The maximum Gasteiger partial charge on any atom is 0.343 e. The Balaban J connectivity index is 2.41. The van der Waals surface area contributed by atoms with E-state index in [1.54, 1.807) is 30.3 Å². The Hall–Kier alpha value is -2.82. The van der Waals surface area contributed by atoms with Gasteiger partial charge in [-0.05, 0) is 31.2 Å². The first-order valence-electron chi connectivity index (χ1n) is 6.61. The van der Waals surface area contributed by atoms with Gasteiger partial charge in [0.25, 0.3) is 0 Å². The molecule has 0 fully saturated rings. The average Bonchev–Trinajstić information content (AvgIpc) is 2.55. The summed E-state index contributed by atoms with van der Waals surface area (Å²) in [6, 6.07) is 11.6. The van der Waals surface area contributed by atoms with Crippen LogP contribution in [0.5, 0.6) is 17.2 Å². The van der Waals surface area contributed by atoms with Crippen molar-refractivity contribution >= 4 is 11.8 Å². The molecule has 0 saturated heterocycles. The van der Waals surface area contributed by atoms with E-state index in [1.165, 1.54) is 33.3 Å². The summed E-state index contributed by atoms with van der Waals surface area (Å²) < 4.78 is 15.8. The standard InChI is InChI=1S/C17H16O5/c1-11(18)13-9-14(20-2)16(15(10-13)21-3)22-17(19)12-7-5-4-6-8-12/h4-10H,1-3H3. The quantitative estimate of drug-likeness (QED) is 0.482. The Labute approximate surface area is 128 Å². The predicted octanol–water partition coefficient (Wildman–Crippen LogP) is 3.13. The molecule has 5 heteroatoms. The molecule has 0 N–H and O–H groups in total. The first-order valence-corrected chi connectivity index (χ1v) is 6.61. The number of rotatable bonds is 5. The molecule has 0 unspecified atom stereocenters. The van der Waals surface area contributed by atoms with Crippen molar-refractivity contribution in [3.8, 4) is 17.2 Å². The molecule has 0 amide bonds. The lowest BCUT2D eigenvalue weighted by Crippen LogP contribution is -2.10. The van der Waals surface area contributed by atoms with E-state index in [1.807, 2.05) is 0 Å². The van der Waals surface area contributed by atoms with Crippen molar-refractivity contribution < 1.29 is 23.8 Å². The lowest BCUT2D eigenvalue weighted by atomic mass is 10.1. The van der Waals surface area contributed by atoms with Crippen LogP contribution in [0.15, 0.2) is 42.5 Å². The van der Waals surface area contributed by atoms with Crippen molar-refractivity contribution in [3.63, 3.8) is 0 Å². The molecule has 0 saturated carbocycles. The van der Waals surface area contributed by atoms with E-state index in [4.69, 9.17) is 14.2 Å².